The van der Waals surface area contributed by atoms with Gasteiger partial charge >= 0.3 is 5.97 Å². The van der Waals surface area contributed by atoms with E-state index in [1.54, 1.807) is 0 Å². The van der Waals surface area contributed by atoms with Crippen molar-refractivity contribution >= 4 is 11.8 Å². The predicted octanol–water partition coefficient (Wildman–Crippen LogP) is 2.38. The molecular weight excluding hydrogens is 223 g/mol. The summed E-state index contributed by atoms with van der Waals surface area (Å²) in [6.45, 7) is 2.72. The molecule has 0 radical (unpaired) electrons. The van der Waals surface area contributed by atoms with Crippen LogP contribution in [0.5, 0.6) is 0 Å². The van der Waals surface area contributed by atoms with E-state index in [-0.39, 0.29) is 11.4 Å². The van der Waals surface area contributed by atoms with Crippen molar-refractivity contribution < 1.29 is 14.3 Å². The minimum Gasteiger partial charge on any atom is -0.478 e. The van der Waals surface area contributed by atoms with Crippen LogP contribution in [0.4, 0.5) is 10.2 Å². The third kappa shape index (κ3) is 2.72. The highest BCUT2D eigenvalue weighted by molar-refractivity contribution is 5.88. The lowest BCUT2D eigenvalue weighted by Crippen LogP contribution is -2.15. The van der Waals surface area contributed by atoms with Gasteiger partial charge in [-0.15, -0.1) is 0 Å². The molecule has 0 saturated heterocycles. The van der Waals surface area contributed by atoms with Gasteiger partial charge in [-0.25, -0.2) is 14.2 Å². The summed E-state index contributed by atoms with van der Waals surface area (Å²) in [4.78, 5) is 14.6. The van der Waals surface area contributed by atoms with Crippen LogP contribution in [0, 0.1) is 17.7 Å². The number of anilines is 1. The predicted molar refractivity (Wildman–Crippen MR) is 61.5 cm³/mol. The number of nitrogens with one attached hydrogen (secondary N) is 1. The van der Waals surface area contributed by atoms with Crippen molar-refractivity contribution in [3.8, 4) is 0 Å². The number of pyridine rings is 1. The largest absolute Gasteiger partial charge is 0.478 e. The van der Waals surface area contributed by atoms with Crippen LogP contribution in [0.25, 0.3) is 0 Å². The van der Waals surface area contributed by atoms with Gasteiger partial charge in [0.25, 0.3) is 0 Å². The smallest absolute Gasteiger partial charge is 0.338 e. The average molecular weight is 238 g/mol. The molecule has 1 saturated carbocycles. The van der Waals surface area contributed by atoms with Crippen molar-refractivity contribution in [2.45, 2.75) is 19.8 Å². The number of hydrogen-bond acceptors (Lipinski definition) is 3. The number of aromatic carboxylic acids is 1. The van der Waals surface area contributed by atoms with Gasteiger partial charge in [0.05, 0.1) is 0 Å². The molecule has 0 aromatic carbocycles. The van der Waals surface area contributed by atoms with E-state index in [2.05, 4.69) is 17.2 Å². The first-order chi connectivity index (χ1) is 8.09. The van der Waals surface area contributed by atoms with Crippen molar-refractivity contribution in [2.24, 2.45) is 11.8 Å². The Kier molecular flexibility index (Phi) is 3.26. The van der Waals surface area contributed by atoms with E-state index in [0.29, 0.717) is 18.4 Å². The number of carboxylic acid groups (broad SMARTS) is 1. The Hall–Kier alpha value is -1.65. The Morgan fingerprint density at radius 1 is 1.71 bits per heavy atom. The van der Waals surface area contributed by atoms with Crippen molar-refractivity contribution in [3.63, 3.8) is 0 Å². The normalized spacial score (nSPS) is 16.6. The first-order valence-corrected chi connectivity index (χ1v) is 5.71. The molecule has 4 nitrogen and oxygen atoms in total. The van der Waals surface area contributed by atoms with E-state index in [4.69, 9.17) is 5.11 Å². The number of nitrogens with zero attached hydrogens (tertiary/aromatic N) is 1. The molecule has 1 fully saturated rings. The number of halogens is 1. The lowest BCUT2D eigenvalue weighted by molar-refractivity contribution is 0.0692. The van der Waals surface area contributed by atoms with Gasteiger partial charge in [-0.05, 0) is 30.7 Å². The summed E-state index contributed by atoms with van der Waals surface area (Å²) in [5, 5.41) is 11.7. The fourth-order valence-electron chi connectivity index (χ4n) is 1.82. The number of aromatic nitrogens is 1. The molecule has 92 valence electrons. The van der Waals surface area contributed by atoms with Crippen LogP contribution in [0.1, 0.15) is 30.1 Å². The summed E-state index contributed by atoms with van der Waals surface area (Å²) in [5.74, 6) is -0.860. The zero-order chi connectivity index (χ0) is 12.4. The SMILES string of the molecule is CC(CNc1nccc(C(=O)O)c1F)C1CC1. The Bertz CT molecular complexity index is 433. The van der Waals surface area contributed by atoms with E-state index in [1.165, 1.54) is 19.0 Å². The molecule has 1 atom stereocenters. The summed E-state index contributed by atoms with van der Waals surface area (Å²) in [6, 6.07) is 1.16. The second-order valence-corrected chi connectivity index (χ2v) is 4.52. The van der Waals surface area contributed by atoms with Crippen LogP contribution in [-0.4, -0.2) is 22.6 Å². The first kappa shape index (κ1) is 11.8. The van der Waals surface area contributed by atoms with Crippen LogP contribution in [0.3, 0.4) is 0 Å². The summed E-state index contributed by atoms with van der Waals surface area (Å²) in [5.41, 5.74) is -0.346. The molecule has 0 aliphatic heterocycles. The summed E-state index contributed by atoms with van der Waals surface area (Å²) < 4.78 is 13.7. The Morgan fingerprint density at radius 3 is 3.00 bits per heavy atom. The summed E-state index contributed by atoms with van der Waals surface area (Å²) in [6.07, 6.45) is 3.76. The van der Waals surface area contributed by atoms with Crippen LogP contribution >= 0.6 is 0 Å². The molecule has 0 bridgehead atoms. The number of hydrogen-bond donors (Lipinski definition) is 2. The standard InChI is InChI=1S/C12H15FN2O2/c1-7(8-2-3-8)6-15-11-10(13)9(12(16)17)4-5-14-11/h4-5,7-8H,2-3,6H2,1H3,(H,14,15)(H,16,17). The van der Waals surface area contributed by atoms with Crippen LogP contribution in [0.15, 0.2) is 12.3 Å². The van der Waals surface area contributed by atoms with Gasteiger partial charge in [0.1, 0.15) is 5.56 Å². The maximum Gasteiger partial charge on any atom is 0.338 e. The van der Waals surface area contributed by atoms with Crippen LogP contribution in [0.2, 0.25) is 0 Å². The molecule has 1 unspecified atom stereocenters. The third-order valence-electron chi connectivity index (χ3n) is 3.14. The number of carboxylic acids is 1. The highest BCUT2D eigenvalue weighted by Gasteiger charge is 2.27. The highest BCUT2D eigenvalue weighted by atomic mass is 19.1. The van der Waals surface area contributed by atoms with E-state index in [9.17, 15) is 9.18 Å². The molecule has 2 rings (SSSR count). The average Bonchev–Trinajstić information content (AvgIpc) is 3.10. The Labute approximate surface area is 98.9 Å². The van der Waals surface area contributed by atoms with Crippen molar-refractivity contribution in [1.29, 1.82) is 0 Å². The fraction of sp³-hybridized carbons (Fsp3) is 0.500. The zero-order valence-electron chi connectivity index (χ0n) is 9.61. The second kappa shape index (κ2) is 4.69. The summed E-state index contributed by atoms with van der Waals surface area (Å²) >= 11 is 0. The van der Waals surface area contributed by atoms with Gasteiger partial charge < -0.3 is 10.4 Å². The zero-order valence-corrected chi connectivity index (χ0v) is 9.61. The fourth-order valence-corrected chi connectivity index (χ4v) is 1.82. The van der Waals surface area contributed by atoms with Gasteiger partial charge in [-0.3, -0.25) is 0 Å². The monoisotopic (exact) mass is 238 g/mol. The molecule has 1 aliphatic rings. The lowest BCUT2D eigenvalue weighted by atomic mass is 10.1. The van der Waals surface area contributed by atoms with Crippen LogP contribution in [-0.2, 0) is 0 Å². The minimum atomic E-state index is -1.27. The molecule has 5 heteroatoms. The molecule has 1 aromatic heterocycles. The molecule has 1 heterocycles. The van der Waals surface area contributed by atoms with E-state index in [0.717, 1.165) is 6.07 Å². The van der Waals surface area contributed by atoms with Gasteiger partial charge in [0.2, 0.25) is 0 Å². The maximum atomic E-state index is 13.7. The molecule has 0 spiro atoms. The maximum absolute atomic E-state index is 13.7. The molecular formula is C12H15FN2O2. The number of rotatable bonds is 5. The van der Waals surface area contributed by atoms with E-state index in [1.807, 2.05) is 0 Å². The van der Waals surface area contributed by atoms with E-state index >= 15 is 0 Å². The highest BCUT2D eigenvalue weighted by Crippen LogP contribution is 2.36. The van der Waals surface area contributed by atoms with Crippen LogP contribution < -0.4 is 5.32 Å². The van der Waals surface area contributed by atoms with Crippen molar-refractivity contribution in [2.75, 3.05) is 11.9 Å². The van der Waals surface area contributed by atoms with Crippen molar-refractivity contribution in [1.82, 2.24) is 4.98 Å². The molecule has 0 amide bonds. The molecule has 17 heavy (non-hydrogen) atoms. The minimum absolute atomic E-state index is 0.0254. The van der Waals surface area contributed by atoms with Crippen molar-refractivity contribution in [3.05, 3.63) is 23.6 Å². The quantitative estimate of drug-likeness (QED) is 0.826. The second-order valence-electron chi connectivity index (χ2n) is 4.52. The molecule has 1 aliphatic carbocycles. The van der Waals surface area contributed by atoms with E-state index < -0.39 is 11.8 Å². The van der Waals surface area contributed by atoms with Gasteiger partial charge in [0.15, 0.2) is 11.6 Å². The lowest BCUT2D eigenvalue weighted by Gasteiger charge is -2.12. The number of carbonyl (C=O) groups is 1. The van der Waals surface area contributed by atoms with Gasteiger partial charge in [-0.1, -0.05) is 6.92 Å². The molecule has 1 aromatic rings. The molecule has 2 N–H and O–H groups in total. The Morgan fingerprint density at radius 2 is 2.41 bits per heavy atom. The van der Waals surface area contributed by atoms with Gasteiger partial charge in [-0.2, -0.15) is 0 Å². The third-order valence-corrected chi connectivity index (χ3v) is 3.14. The topological polar surface area (TPSA) is 62.2 Å². The Balaban J connectivity index is 2.04. The summed E-state index contributed by atoms with van der Waals surface area (Å²) in [7, 11) is 0. The van der Waals surface area contributed by atoms with Gasteiger partial charge in [0, 0.05) is 12.7 Å². The first-order valence-electron chi connectivity index (χ1n) is 5.71.